The smallest absolute Gasteiger partial charge is 0.388 e. The molecule has 0 amide bonds. The summed E-state index contributed by atoms with van der Waals surface area (Å²) in [5.41, 5.74) is -5.71. The van der Waals surface area contributed by atoms with Crippen LogP contribution in [0, 0.1) is 6.57 Å². The van der Waals surface area contributed by atoms with Gasteiger partial charge >= 0.3 is 15.6 Å². The van der Waals surface area contributed by atoms with Gasteiger partial charge < -0.3 is 4.18 Å². The summed E-state index contributed by atoms with van der Waals surface area (Å²) in [6.07, 6.45) is 0. The van der Waals surface area contributed by atoms with Crippen LogP contribution in [0.3, 0.4) is 0 Å². The lowest BCUT2D eigenvalue weighted by atomic mass is 9.87. The van der Waals surface area contributed by atoms with Crippen molar-refractivity contribution >= 4 is 15.8 Å². The molecule has 0 aliphatic rings. The summed E-state index contributed by atoms with van der Waals surface area (Å²) in [5, 5.41) is 0. The van der Waals surface area contributed by atoms with Crippen LogP contribution in [0.5, 0.6) is 5.75 Å². The van der Waals surface area contributed by atoms with Gasteiger partial charge in [-0.15, -0.1) is 0 Å². The normalized spacial score (nSPS) is 12.8. The molecule has 0 N–H and O–H groups in total. The maximum absolute atomic E-state index is 12.3. The topological polar surface area (TPSA) is 47.7 Å². The van der Waals surface area contributed by atoms with Gasteiger partial charge in [-0.3, -0.25) is 0 Å². The maximum atomic E-state index is 12.3. The Balaban J connectivity index is 3.35. The van der Waals surface area contributed by atoms with Crippen LogP contribution in [0.2, 0.25) is 0 Å². The van der Waals surface area contributed by atoms with Crippen LogP contribution >= 0.6 is 0 Å². The van der Waals surface area contributed by atoms with Crippen molar-refractivity contribution in [3.63, 3.8) is 0 Å². The van der Waals surface area contributed by atoms with E-state index in [1.54, 1.807) is 26.8 Å². The minimum Gasteiger partial charge on any atom is -0.388 e. The van der Waals surface area contributed by atoms with Crippen molar-refractivity contribution in [2.45, 2.75) is 31.7 Å². The molecule has 4 nitrogen and oxygen atoms in total. The van der Waals surface area contributed by atoms with E-state index in [2.05, 4.69) is 9.03 Å². The van der Waals surface area contributed by atoms with E-state index in [1.807, 2.05) is 0 Å². The minimum atomic E-state index is -5.79. The van der Waals surface area contributed by atoms with Crippen LogP contribution in [0.4, 0.5) is 18.9 Å². The summed E-state index contributed by atoms with van der Waals surface area (Å²) in [6, 6.07) is 3.91. The van der Waals surface area contributed by atoms with E-state index in [0.717, 1.165) is 6.07 Å². The largest absolute Gasteiger partial charge is 0.534 e. The zero-order valence-electron chi connectivity index (χ0n) is 10.9. The Kier molecular flexibility index (Phi) is 4.06. The Bertz CT molecular complexity index is 652. The highest BCUT2D eigenvalue weighted by Gasteiger charge is 2.48. The number of alkyl halides is 3. The molecule has 0 bridgehead atoms. The third-order valence-electron chi connectivity index (χ3n) is 2.43. The Morgan fingerprint density at radius 1 is 1.20 bits per heavy atom. The van der Waals surface area contributed by atoms with Gasteiger partial charge in [0.1, 0.15) is 0 Å². The summed E-state index contributed by atoms with van der Waals surface area (Å²) in [4.78, 5) is 2.95. The third-order valence-corrected chi connectivity index (χ3v) is 3.40. The van der Waals surface area contributed by atoms with Crippen LogP contribution < -0.4 is 4.18 Å². The molecular formula is C12H12F3NO3S. The van der Waals surface area contributed by atoms with Gasteiger partial charge in [-0.05, 0) is 17.0 Å². The number of rotatable bonds is 2. The average molecular weight is 307 g/mol. The lowest BCUT2D eigenvalue weighted by molar-refractivity contribution is -0.0499. The average Bonchev–Trinajstić information content (AvgIpc) is 2.25. The van der Waals surface area contributed by atoms with Crippen molar-refractivity contribution in [1.29, 1.82) is 0 Å². The zero-order valence-corrected chi connectivity index (χ0v) is 11.8. The van der Waals surface area contributed by atoms with E-state index in [0.29, 0.717) is 5.56 Å². The highest BCUT2D eigenvalue weighted by Crippen LogP contribution is 2.36. The minimum absolute atomic E-state index is 0.300. The summed E-state index contributed by atoms with van der Waals surface area (Å²) in [5.74, 6) is -0.621. The van der Waals surface area contributed by atoms with Crippen LogP contribution in [0.1, 0.15) is 26.3 Å². The molecule has 0 saturated carbocycles. The fourth-order valence-corrected chi connectivity index (χ4v) is 1.77. The molecule has 0 saturated heterocycles. The van der Waals surface area contributed by atoms with E-state index in [1.165, 1.54) is 6.07 Å². The van der Waals surface area contributed by atoms with Crippen LogP contribution in [0.15, 0.2) is 18.2 Å². The van der Waals surface area contributed by atoms with E-state index in [4.69, 9.17) is 6.57 Å². The second-order valence-electron chi connectivity index (χ2n) is 5.03. The van der Waals surface area contributed by atoms with Gasteiger partial charge in [0.25, 0.3) is 0 Å². The van der Waals surface area contributed by atoms with Crippen molar-refractivity contribution in [2.24, 2.45) is 0 Å². The predicted octanol–water partition coefficient (Wildman–Crippen LogP) is 3.76. The fourth-order valence-electron chi connectivity index (χ4n) is 1.31. The molecule has 0 fully saturated rings. The molecule has 0 spiro atoms. The molecule has 0 heterocycles. The molecular weight excluding hydrogens is 295 g/mol. The first kappa shape index (κ1) is 16.3. The molecule has 1 aromatic carbocycles. The Labute approximate surface area is 115 Å². The summed E-state index contributed by atoms with van der Waals surface area (Å²) in [7, 11) is -5.79. The third kappa shape index (κ3) is 3.42. The molecule has 0 radical (unpaired) electrons. The monoisotopic (exact) mass is 307 g/mol. The first-order valence-electron chi connectivity index (χ1n) is 5.41. The fraction of sp³-hybridized carbons (Fsp3) is 0.417. The number of benzene rings is 1. The van der Waals surface area contributed by atoms with Gasteiger partial charge in [0, 0.05) is 0 Å². The lowest BCUT2D eigenvalue weighted by Crippen LogP contribution is -2.28. The molecule has 0 aliphatic heterocycles. The van der Waals surface area contributed by atoms with Crippen molar-refractivity contribution in [3.8, 4) is 5.75 Å². The lowest BCUT2D eigenvalue weighted by Gasteiger charge is -2.20. The highest BCUT2D eigenvalue weighted by atomic mass is 32.2. The molecule has 0 atom stereocenters. The van der Waals surface area contributed by atoms with Crippen molar-refractivity contribution in [1.82, 2.24) is 0 Å². The standard InChI is InChI=1S/C12H12F3NO3S/c1-11(2,3)8-5-6-9(16-4)10(7-8)19-20(17,18)12(13,14)15/h5-7H,1-3H3. The van der Waals surface area contributed by atoms with E-state index in [-0.39, 0.29) is 5.69 Å². The zero-order chi connectivity index (χ0) is 15.8. The van der Waals surface area contributed by atoms with Crippen molar-refractivity contribution in [2.75, 3.05) is 0 Å². The molecule has 1 aromatic rings. The van der Waals surface area contributed by atoms with Gasteiger partial charge in [-0.2, -0.15) is 21.6 Å². The Morgan fingerprint density at radius 3 is 2.15 bits per heavy atom. The number of halogens is 3. The van der Waals surface area contributed by atoms with Gasteiger partial charge in [-0.25, -0.2) is 4.85 Å². The maximum Gasteiger partial charge on any atom is 0.534 e. The van der Waals surface area contributed by atoms with Crippen LogP contribution in [-0.2, 0) is 15.5 Å². The number of hydrogen-bond donors (Lipinski definition) is 0. The molecule has 8 heteroatoms. The highest BCUT2D eigenvalue weighted by molar-refractivity contribution is 7.88. The molecule has 20 heavy (non-hydrogen) atoms. The van der Waals surface area contributed by atoms with E-state index >= 15 is 0 Å². The van der Waals surface area contributed by atoms with Gasteiger partial charge in [0.05, 0.1) is 6.57 Å². The Hall–Kier alpha value is -1.75. The first-order valence-corrected chi connectivity index (χ1v) is 6.82. The molecule has 110 valence electrons. The molecule has 1 rings (SSSR count). The number of hydrogen-bond acceptors (Lipinski definition) is 3. The second-order valence-corrected chi connectivity index (χ2v) is 6.57. The second kappa shape index (κ2) is 4.98. The molecule has 0 aromatic heterocycles. The van der Waals surface area contributed by atoms with Crippen LogP contribution in [0.25, 0.3) is 4.85 Å². The number of nitrogens with zero attached hydrogens (tertiary/aromatic N) is 1. The Morgan fingerprint density at radius 2 is 1.75 bits per heavy atom. The SMILES string of the molecule is [C-]#[N+]c1ccc(C(C)(C)C)cc1OS(=O)(=O)C(F)(F)F. The van der Waals surface area contributed by atoms with E-state index in [9.17, 15) is 21.6 Å². The van der Waals surface area contributed by atoms with Gasteiger partial charge in [0.15, 0.2) is 5.75 Å². The van der Waals surface area contributed by atoms with Gasteiger partial charge in [0.2, 0.25) is 5.69 Å². The van der Waals surface area contributed by atoms with Crippen molar-refractivity contribution in [3.05, 3.63) is 35.2 Å². The predicted molar refractivity (Wildman–Crippen MR) is 67.0 cm³/mol. The molecule has 0 aliphatic carbocycles. The quantitative estimate of drug-likeness (QED) is 0.475. The summed E-state index contributed by atoms with van der Waals surface area (Å²) < 4.78 is 63.0. The van der Waals surface area contributed by atoms with E-state index < -0.39 is 26.8 Å². The van der Waals surface area contributed by atoms with Gasteiger partial charge in [-0.1, -0.05) is 32.9 Å². The summed E-state index contributed by atoms with van der Waals surface area (Å²) in [6.45, 7) is 12.2. The van der Waals surface area contributed by atoms with Crippen LogP contribution in [-0.4, -0.2) is 13.9 Å². The first-order chi connectivity index (χ1) is 8.88. The summed E-state index contributed by atoms with van der Waals surface area (Å²) >= 11 is 0. The molecule has 0 unspecified atom stereocenters. The van der Waals surface area contributed by atoms with Crippen molar-refractivity contribution < 1.29 is 25.8 Å².